The fourth-order valence-electron chi connectivity index (χ4n) is 3.23. The van der Waals surface area contributed by atoms with Gasteiger partial charge in [-0.25, -0.2) is 0 Å². The minimum atomic E-state index is -0.565. The fourth-order valence-corrected chi connectivity index (χ4v) is 3.86. The van der Waals surface area contributed by atoms with Crippen LogP contribution in [-0.2, 0) is 0 Å². The number of furan rings is 1. The SMILES string of the molecule is CCSc1nnc2c(n1)O[C@H](c1ccc(-c3ccc(Cl)cc3)o1)Nc1ccccc1-2. The molecule has 2 aromatic heterocycles. The standard InChI is InChI=1S/C22H17ClN4O2S/c1-2-30-22-25-21-19(26-27-22)15-5-3-4-6-16(15)24-20(29-21)18-12-11-17(28-18)13-7-9-14(23)10-8-13/h3-12,20,24H,2H2,1H3/t20-/m1/s1. The van der Waals surface area contributed by atoms with Crippen LogP contribution in [0.15, 0.2) is 70.2 Å². The molecule has 1 N–H and O–H groups in total. The largest absolute Gasteiger partial charge is 0.455 e. The number of thioether (sulfide) groups is 1. The van der Waals surface area contributed by atoms with Crippen LogP contribution >= 0.6 is 23.4 Å². The van der Waals surface area contributed by atoms with Gasteiger partial charge in [-0.15, -0.1) is 10.2 Å². The zero-order valence-electron chi connectivity index (χ0n) is 16.0. The van der Waals surface area contributed by atoms with Gasteiger partial charge in [-0.05, 0) is 48.2 Å². The lowest BCUT2D eigenvalue weighted by atomic mass is 10.1. The molecule has 0 aliphatic carbocycles. The van der Waals surface area contributed by atoms with Crippen molar-refractivity contribution in [2.24, 2.45) is 0 Å². The highest BCUT2D eigenvalue weighted by atomic mass is 35.5. The molecular weight excluding hydrogens is 420 g/mol. The Bertz CT molecular complexity index is 1200. The fraction of sp³-hybridized carbons (Fsp3) is 0.136. The molecule has 0 saturated carbocycles. The molecule has 0 bridgehead atoms. The first-order valence-electron chi connectivity index (χ1n) is 9.47. The predicted molar refractivity (Wildman–Crippen MR) is 118 cm³/mol. The second-order valence-electron chi connectivity index (χ2n) is 6.58. The molecule has 0 spiro atoms. The number of fused-ring (bicyclic) bond motifs is 3. The Morgan fingerprint density at radius 2 is 1.87 bits per heavy atom. The number of nitrogens with zero attached hydrogens (tertiary/aromatic N) is 3. The number of aromatic nitrogens is 3. The Labute approximate surface area is 182 Å². The summed E-state index contributed by atoms with van der Waals surface area (Å²) < 4.78 is 12.3. The lowest BCUT2D eigenvalue weighted by Crippen LogP contribution is -2.16. The van der Waals surface area contributed by atoms with Crippen molar-refractivity contribution in [3.05, 3.63) is 71.4 Å². The summed E-state index contributed by atoms with van der Waals surface area (Å²) in [5.41, 5.74) is 3.29. The van der Waals surface area contributed by atoms with Crippen LogP contribution in [-0.4, -0.2) is 20.9 Å². The van der Waals surface area contributed by atoms with Gasteiger partial charge in [0.15, 0.2) is 11.5 Å². The van der Waals surface area contributed by atoms with Gasteiger partial charge in [0, 0.05) is 21.8 Å². The van der Waals surface area contributed by atoms with E-state index in [4.69, 9.17) is 20.8 Å². The van der Waals surface area contributed by atoms with Gasteiger partial charge in [0.05, 0.1) is 0 Å². The van der Waals surface area contributed by atoms with E-state index in [1.165, 1.54) is 11.8 Å². The normalized spacial score (nSPS) is 14.8. The minimum Gasteiger partial charge on any atom is -0.455 e. The van der Waals surface area contributed by atoms with E-state index < -0.39 is 6.23 Å². The molecule has 150 valence electrons. The minimum absolute atomic E-state index is 0.424. The zero-order valence-corrected chi connectivity index (χ0v) is 17.6. The Morgan fingerprint density at radius 1 is 1.03 bits per heavy atom. The molecule has 3 heterocycles. The first-order chi connectivity index (χ1) is 14.7. The number of para-hydroxylation sites is 1. The summed E-state index contributed by atoms with van der Waals surface area (Å²) >= 11 is 7.51. The van der Waals surface area contributed by atoms with Crippen LogP contribution in [0.4, 0.5) is 5.69 Å². The van der Waals surface area contributed by atoms with E-state index >= 15 is 0 Å². The quantitative estimate of drug-likeness (QED) is 0.389. The number of rotatable bonds is 4. The van der Waals surface area contributed by atoms with Crippen LogP contribution in [0.1, 0.15) is 18.9 Å². The van der Waals surface area contributed by atoms with Crippen molar-refractivity contribution >= 4 is 29.1 Å². The van der Waals surface area contributed by atoms with Crippen LogP contribution in [0.25, 0.3) is 22.6 Å². The molecule has 1 aliphatic rings. The molecule has 30 heavy (non-hydrogen) atoms. The van der Waals surface area contributed by atoms with E-state index in [-0.39, 0.29) is 0 Å². The van der Waals surface area contributed by atoms with E-state index in [2.05, 4.69) is 20.5 Å². The summed E-state index contributed by atoms with van der Waals surface area (Å²) in [4.78, 5) is 4.58. The van der Waals surface area contributed by atoms with E-state index in [1.807, 2.05) is 67.6 Å². The van der Waals surface area contributed by atoms with Gasteiger partial charge in [-0.3, -0.25) is 0 Å². The van der Waals surface area contributed by atoms with E-state index in [0.717, 1.165) is 28.3 Å². The van der Waals surface area contributed by atoms with Crippen molar-refractivity contribution < 1.29 is 9.15 Å². The number of anilines is 1. The molecule has 8 heteroatoms. The third kappa shape index (κ3) is 3.62. The number of halogens is 1. The van der Waals surface area contributed by atoms with Crippen molar-refractivity contribution in [1.82, 2.24) is 15.2 Å². The molecular formula is C22H17ClN4O2S. The molecule has 0 amide bonds. The first-order valence-corrected chi connectivity index (χ1v) is 10.8. The van der Waals surface area contributed by atoms with Crippen LogP contribution < -0.4 is 10.1 Å². The summed E-state index contributed by atoms with van der Waals surface area (Å²) in [6.07, 6.45) is -0.565. The van der Waals surface area contributed by atoms with Gasteiger partial charge < -0.3 is 14.5 Å². The van der Waals surface area contributed by atoms with Gasteiger partial charge in [0.2, 0.25) is 17.3 Å². The van der Waals surface area contributed by atoms with Crippen molar-refractivity contribution in [3.63, 3.8) is 0 Å². The van der Waals surface area contributed by atoms with Gasteiger partial charge in [-0.1, -0.05) is 48.5 Å². The van der Waals surface area contributed by atoms with Crippen LogP contribution in [0.5, 0.6) is 5.88 Å². The number of ether oxygens (including phenoxy) is 1. The Morgan fingerprint density at radius 3 is 2.70 bits per heavy atom. The van der Waals surface area contributed by atoms with Gasteiger partial charge in [-0.2, -0.15) is 4.98 Å². The lowest BCUT2D eigenvalue weighted by molar-refractivity contribution is 0.196. The maximum Gasteiger partial charge on any atom is 0.247 e. The second-order valence-corrected chi connectivity index (χ2v) is 8.25. The average Bonchev–Trinajstić information content (AvgIpc) is 3.19. The topological polar surface area (TPSA) is 73.1 Å². The van der Waals surface area contributed by atoms with Crippen molar-refractivity contribution in [3.8, 4) is 28.5 Å². The van der Waals surface area contributed by atoms with Crippen molar-refractivity contribution in [1.29, 1.82) is 0 Å². The molecule has 2 aromatic carbocycles. The van der Waals surface area contributed by atoms with Gasteiger partial charge >= 0.3 is 0 Å². The van der Waals surface area contributed by atoms with E-state index in [9.17, 15) is 0 Å². The summed E-state index contributed by atoms with van der Waals surface area (Å²) in [7, 11) is 0. The molecule has 0 saturated heterocycles. The van der Waals surface area contributed by atoms with Gasteiger partial charge in [0.25, 0.3) is 0 Å². The van der Waals surface area contributed by atoms with Crippen molar-refractivity contribution in [2.75, 3.05) is 11.1 Å². The first kappa shape index (κ1) is 19.0. The number of benzene rings is 2. The third-order valence-corrected chi connectivity index (χ3v) is 5.59. The summed E-state index contributed by atoms with van der Waals surface area (Å²) in [5, 5.41) is 13.3. The van der Waals surface area contributed by atoms with Crippen molar-refractivity contribution in [2.45, 2.75) is 18.3 Å². The molecule has 0 unspecified atom stereocenters. The highest BCUT2D eigenvalue weighted by Gasteiger charge is 2.28. The third-order valence-electron chi connectivity index (χ3n) is 4.62. The summed E-state index contributed by atoms with van der Waals surface area (Å²) in [6, 6.07) is 19.2. The molecule has 4 aromatic rings. The van der Waals surface area contributed by atoms with Gasteiger partial charge in [0.1, 0.15) is 5.76 Å². The molecule has 1 atom stereocenters. The Hall–Kier alpha value is -3.03. The predicted octanol–water partition coefficient (Wildman–Crippen LogP) is 6.07. The molecule has 0 radical (unpaired) electrons. The number of hydrogen-bond acceptors (Lipinski definition) is 7. The average molecular weight is 437 g/mol. The Kier molecular flexibility index (Phi) is 5.06. The molecule has 1 aliphatic heterocycles. The highest BCUT2D eigenvalue weighted by molar-refractivity contribution is 7.99. The zero-order chi connectivity index (χ0) is 20.5. The Balaban J connectivity index is 1.54. The molecule has 6 nitrogen and oxygen atoms in total. The molecule has 0 fully saturated rings. The van der Waals surface area contributed by atoms with Crippen LogP contribution in [0.3, 0.4) is 0 Å². The summed E-state index contributed by atoms with van der Waals surface area (Å²) in [5.74, 6) is 2.63. The second kappa shape index (κ2) is 8.01. The van der Waals surface area contributed by atoms with E-state index in [0.29, 0.717) is 27.5 Å². The number of hydrogen-bond donors (Lipinski definition) is 1. The van der Waals surface area contributed by atoms with Crippen LogP contribution in [0, 0.1) is 0 Å². The maximum absolute atomic E-state index is 6.23. The maximum atomic E-state index is 6.23. The van der Waals surface area contributed by atoms with Crippen LogP contribution in [0.2, 0.25) is 5.02 Å². The lowest BCUT2D eigenvalue weighted by Gasteiger charge is -2.16. The number of nitrogens with one attached hydrogen (secondary N) is 1. The van der Waals surface area contributed by atoms with E-state index in [1.54, 1.807) is 0 Å². The highest BCUT2D eigenvalue weighted by Crippen LogP contribution is 2.40. The smallest absolute Gasteiger partial charge is 0.247 e. The monoisotopic (exact) mass is 436 g/mol. The molecule has 5 rings (SSSR count). The summed E-state index contributed by atoms with van der Waals surface area (Å²) in [6.45, 7) is 2.04.